The van der Waals surface area contributed by atoms with Crippen molar-refractivity contribution in [3.63, 3.8) is 0 Å². The number of amides is 1. The molecule has 1 amide bonds. The Hall–Kier alpha value is -2.70. The molecule has 0 fully saturated rings. The molecule has 1 aromatic rings. The molecule has 0 saturated carbocycles. The third-order valence-electron chi connectivity index (χ3n) is 2.69. The molecule has 0 spiro atoms. The van der Waals surface area contributed by atoms with Gasteiger partial charge in [0.05, 0.1) is 6.61 Å². The first-order chi connectivity index (χ1) is 10.8. The zero-order chi connectivity index (χ0) is 17.4. The fraction of sp³-hybridized carbons (Fsp3) is 0.375. The molecule has 0 saturated heterocycles. The quantitative estimate of drug-likeness (QED) is 0.590. The van der Waals surface area contributed by atoms with E-state index in [1.165, 1.54) is 24.4 Å². The van der Waals surface area contributed by atoms with Gasteiger partial charge in [-0.25, -0.2) is 14.6 Å². The molecular formula is C16H20N2O5. The zero-order valence-electron chi connectivity index (χ0n) is 13.3. The van der Waals surface area contributed by atoms with Crippen LogP contribution >= 0.6 is 0 Å². The summed E-state index contributed by atoms with van der Waals surface area (Å²) < 4.78 is 4.74. The van der Waals surface area contributed by atoms with E-state index in [2.05, 4.69) is 10.3 Å². The number of nitrogens with one attached hydrogen (secondary N) is 1. The van der Waals surface area contributed by atoms with Gasteiger partial charge in [-0.1, -0.05) is 13.8 Å². The lowest BCUT2D eigenvalue weighted by atomic mass is 10.1. The lowest BCUT2D eigenvalue weighted by Gasteiger charge is -2.09. The van der Waals surface area contributed by atoms with Gasteiger partial charge in [-0.15, -0.1) is 0 Å². The molecule has 124 valence electrons. The van der Waals surface area contributed by atoms with Crippen LogP contribution in [-0.2, 0) is 14.3 Å². The average Bonchev–Trinajstić information content (AvgIpc) is 2.45. The standard InChI is InChI=1S/C16H20N2O5/c1-4-23-14(20)6-5-11-8-12(16(21)22)15(17-9-11)18-13(19)7-10(2)3/h5-6,8-10H,4,7H2,1-3H3,(H,21,22)(H,17,18,19). The second kappa shape index (κ2) is 8.67. The highest BCUT2D eigenvalue weighted by Crippen LogP contribution is 2.16. The molecular weight excluding hydrogens is 300 g/mol. The van der Waals surface area contributed by atoms with E-state index in [0.29, 0.717) is 5.56 Å². The van der Waals surface area contributed by atoms with Gasteiger partial charge in [-0.05, 0) is 30.5 Å². The third-order valence-corrected chi connectivity index (χ3v) is 2.69. The fourth-order valence-electron chi connectivity index (χ4n) is 1.74. The Balaban J connectivity index is 2.96. The number of rotatable bonds is 7. The Morgan fingerprint density at radius 2 is 2.09 bits per heavy atom. The van der Waals surface area contributed by atoms with Crippen LogP contribution in [0.2, 0.25) is 0 Å². The molecule has 1 heterocycles. The van der Waals surface area contributed by atoms with Gasteiger partial charge in [0.15, 0.2) is 0 Å². The minimum Gasteiger partial charge on any atom is -0.478 e. The smallest absolute Gasteiger partial charge is 0.339 e. The minimum atomic E-state index is -1.22. The van der Waals surface area contributed by atoms with E-state index in [1.54, 1.807) is 6.92 Å². The van der Waals surface area contributed by atoms with Crippen LogP contribution in [0.4, 0.5) is 5.82 Å². The predicted molar refractivity (Wildman–Crippen MR) is 84.9 cm³/mol. The molecule has 0 aliphatic carbocycles. The molecule has 0 aliphatic heterocycles. The summed E-state index contributed by atoms with van der Waals surface area (Å²) in [6, 6.07) is 1.33. The normalized spacial score (nSPS) is 10.8. The molecule has 7 heteroatoms. The number of aromatic nitrogens is 1. The molecule has 1 aromatic heterocycles. The maximum atomic E-state index is 11.8. The second-order valence-electron chi connectivity index (χ2n) is 5.20. The van der Waals surface area contributed by atoms with E-state index < -0.39 is 11.9 Å². The fourth-order valence-corrected chi connectivity index (χ4v) is 1.74. The lowest BCUT2D eigenvalue weighted by molar-refractivity contribution is -0.137. The molecule has 0 radical (unpaired) electrons. The number of esters is 1. The van der Waals surface area contributed by atoms with E-state index in [-0.39, 0.29) is 36.2 Å². The number of anilines is 1. The topological polar surface area (TPSA) is 106 Å². The maximum absolute atomic E-state index is 11.8. The highest BCUT2D eigenvalue weighted by Gasteiger charge is 2.15. The first kappa shape index (κ1) is 18.3. The Labute approximate surface area is 134 Å². The number of carbonyl (C=O) groups is 3. The Kier molecular flexibility index (Phi) is 6.92. The number of hydrogen-bond donors (Lipinski definition) is 2. The van der Waals surface area contributed by atoms with Crippen molar-refractivity contribution < 1.29 is 24.2 Å². The van der Waals surface area contributed by atoms with E-state index in [4.69, 9.17) is 4.74 Å². The SMILES string of the molecule is CCOC(=O)C=Cc1cnc(NC(=O)CC(C)C)c(C(=O)O)c1. The van der Waals surface area contributed by atoms with Crippen molar-refractivity contribution in [1.82, 2.24) is 4.98 Å². The second-order valence-corrected chi connectivity index (χ2v) is 5.20. The van der Waals surface area contributed by atoms with Crippen molar-refractivity contribution in [1.29, 1.82) is 0 Å². The van der Waals surface area contributed by atoms with Gasteiger partial charge >= 0.3 is 11.9 Å². The van der Waals surface area contributed by atoms with Crippen LogP contribution in [0, 0.1) is 5.92 Å². The largest absolute Gasteiger partial charge is 0.478 e. The van der Waals surface area contributed by atoms with Crippen molar-refractivity contribution >= 4 is 29.7 Å². The zero-order valence-corrected chi connectivity index (χ0v) is 13.3. The molecule has 23 heavy (non-hydrogen) atoms. The Morgan fingerprint density at radius 1 is 1.39 bits per heavy atom. The van der Waals surface area contributed by atoms with Crippen molar-refractivity contribution in [2.75, 3.05) is 11.9 Å². The highest BCUT2D eigenvalue weighted by atomic mass is 16.5. The molecule has 7 nitrogen and oxygen atoms in total. The van der Waals surface area contributed by atoms with Crippen molar-refractivity contribution in [3.8, 4) is 0 Å². The summed E-state index contributed by atoms with van der Waals surface area (Å²) in [5, 5.41) is 11.7. The number of ether oxygens (including phenoxy) is 1. The number of aromatic carboxylic acids is 1. The van der Waals surface area contributed by atoms with Crippen LogP contribution < -0.4 is 5.32 Å². The number of hydrogen-bond acceptors (Lipinski definition) is 5. The molecule has 0 aliphatic rings. The number of nitrogens with zero attached hydrogens (tertiary/aromatic N) is 1. The van der Waals surface area contributed by atoms with Gasteiger partial charge in [-0.2, -0.15) is 0 Å². The molecule has 1 rings (SSSR count). The maximum Gasteiger partial charge on any atom is 0.339 e. The summed E-state index contributed by atoms with van der Waals surface area (Å²) in [6.45, 7) is 5.70. The van der Waals surface area contributed by atoms with Crippen molar-refractivity contribution in [3.05, 3.63) is 29.5 Å². The predicted octanol–water partition coefficient (Wildman–Crippen LogP) is 2.34. The van der Waals surface area contributed by atoms with Crippen molar-refractivity contribution in [2.45, 2.75) is 27.2 Å². The van der Waals surface area contributed by atoms with Gasteiger partial charge in [0, 0.05) is 18.7 Å². The monoisotopic (exact) mass is 320 g/mol. The van der Waals surface area contributed by atoms with E-state index in [0.717, 1.165) is 0 Å². The van der Waals surface area contributed by atoms with Crippen LogP contribution in [0.3, 0.4) is 0 Å². The van der Waals surface area contributed by atoms with E-state index >= 15 is 0 Å². The first-order valence-corrected chi connectivity index (χ1v) is 7.21. The third kappa shape index (κ3) is 6.29. The number of carbonyl (C=O) groups excluding carboxylic acids is 2. The summed E-state index contributed by atoms with van der Waals surface area (Å²) >= 11 is 0. The highest BCUT2D eigenvalue weighted by molar-refractivity contribution is 5.99. The lowest BCUT2D eigenvalue weighted by Crippen LogP contribution is -2.17. The molecule has 0 bridgehead atoms. The van der Waals surface area contributed by atoms with Crippen molar-refractivity contribution in [2.24, 2.45) is 5.92 Å². The molecule has 0 unspecified atom stereocenters. The summed E-state index contributed by atoms with van der Waals surface area (Å²) in [5.74, 6) is -1.92. The van der Waals surface area contributed by atoms with Crippen LogP contribution in [-0.4, -0.2) is 34.5 Å². The number of carboxylic acids is 1. The number of carboxylic acid groups (broad SMARTS) is 1. The van der Waals surface area contributed by atoms with E-state index in [9.17, 15) is 19.5 Å². The van der Waals surface area contributed by atoms with Gasteiger partial charge in [0.25, 0.3) is 0 Å². The Bertz CT molecular complexity index is 623. The minimum absolute atomic E-state index is 0.0172. The molecule has 0 aromatic carbocycles. The summed E-state index contributed by atoms with van der Waals surface area (Å²) in [6.07, 6.45) is 4.22. The average molecular weight is 320 g/mol. The van der Waals surface area contributed by atoms with Crippen LogP contribution in [0.1, 0.15) is 43.1 Å². The van der Waals surface area contributed by atoms with Crippen LogP contribution in [0.25, 0.3) is 6.08 Å². The molecule has 0 atom stereocenters. The van der Waals surface area contributed by atoms with Gasteiger partial charge in [0.1, 0.15) is 11.4 Å². The van der Waals surface area contributed by atoms with Gasteiger partial charge in [-0.3, -0.25) is 4.79 Å². The number of pyridine rings is 1. The van der Waals surface area contributed by atoms with Gasteiger partial charge < -0.3 is 15.2 Å². The summed E-state index contributed by atoms with van der Waals surface area (Å²) in [5.41, 5.74) is 0.269. The van der Waals surface area contributed by atoms with Gasteiger partial charge in [0.2, 0.25) is 5.91 Å². The van der Waals surface area contributed by atoms with Crippen LogP contribution in [0.15, 0.2) is 18.3 Å². The first-order valence-electron chi connectivity index (χ1n) is 7.21. The summed E-state index contributed by atoms with van der Waals surface area (Å²) in [7, 11) is 0. The Morgan fingerprint density at radius 3 is 2.65 bits per heavy atom. The van der Waals surface area contributed by atoms with Crippen LogP contribution in [0.5, 0.6) is 0 Å². The van der Waals surface area contributed by atoms with E-state index in [1.807, 2.05) is 13.8 Å². The summed E-state index contributed by atoms with van der Waals surface area (Å²) in [4.78, 5) is 38.3. The molecule has 2 N–H and O–H groups in total.